The van der Waals surface area contributed by atoms with Crippen LogP contribution in [0, 0.1) is 12.3 Å². The van der Waals surface area contributed by atoms with Gasteiger partial charge in [-0.3, -0.25) is 4.79 Å². The lowest BCUT2D eigenvalue weighted by Gasteiger charge is -2.28. The number of carbonyl (C=O) groups excluding carboxylic acids is 1. The third kappa shape index (κ3) is 4.01. The minimum Gasteiger partial charge on any atom is -0.351 e. The molecule has 9 heteroatoms. The number of aromatic nitrogens is 2. The fourth-order valence-electron chi connectivity index (χ4n) is 3.85. The summed E-state index contributed by atoms with van der Waals surface area (Å²) in [5.41, 5.74) is 3.46. The van der Waals surface area contributed by atoms with Crippen molar-refractivity contribution < 1.29 is 18.0 Å². The predicted molar refractivity (Wildman–Crippen MR) is 102 cm³/mol. The number of hydrogen-bond acceptors (Lipinski definition) is 4. The molecule has 1 aliphatic heterocycles. The highest BCUT2D eigenvalue weighted by molar-refractivity contribution is 6.30. The second-order valence-corrected chi connectivity index (χ2v) is 7.57. The molecule has 2 aliphatic rings. The molecule has 1 unspecified atom stereocenters. The van der Waals surface area contributed by atoms with E-state index in [9.17, 15) is 18.0 Å². The normalized spacial score (nSPS) is 18.2. The van der Waals surface area contributed by atoms with E-state index in [0.29, 0.717) is 29.5 Å². The van der Waals surface area contributed by atoms with Gasteiger partial charge in [-0.25, -0.2) is 9.97 Å². The number of halogens is 4. The average molecular weight is 421 g/mol. The molecule has 1 N–H and O–H groups in total. The van der Waals surface area contributed by atoms with Gasteiger partial charge in [0.15, 0.2) is 0 Å². The minimum absolute atomic E-state index is 0.00892. The molecule has 0 radical (unpaired) electrons. The zero-order valence-corrected chi connectivity index (χ0v) is 15.9. The number of carbonyl (C=O) groups is 1. The Balaban J connectivity index is 1.49. The Labute approximate surface area is 170 Å². The van der Waals surface area contributed by atoms with Gasteiger partial charge >= 0.3 is 6.18 Å². The summed E-state index contributed by atoms with van der Waals surface area (Å²) in [6, 6.07) is 3.66. The molecule has 0 bridgehead atoms. The summed E-state index contributed by atoms with van der Waals surface area (Å²) < 4.78 is 37.9. The summed E-state index contributed by atoms with van der Waals surface area (Å²) in [7, 11) is 0. The van der Waals surface area contributed by atoms with Crippen molar-refractivity contribution >= 4 is 23.5 Å². The Morgan fingerprint density at radius 3 is 2.86 bits per heavy atom. The standard InChI is InChI=1S/C20H16ClF3N4O/c1-2-11-5-13(21)6-12-7-14(8-15(11)12)26-19-25-9-16-17(27-19)3-4-28(18(16)29)10-20(22,23)24/h1,5-6,9,14H,3-4,7-8,10H2,(H,25,26,27). The summed E-state index contributed by atoms with van der Waals surface area (Å²) >= 11 is 6.11. The van der Waals surface area contributed by atoms with E-state index in [1.54, 1.807) is 6.07 Å². The van der Waals surface area contributed by atoms with Gasteiger partial charge in [0, 0.05) is 35.8 Å². The summed E-state index contributed by atoms with van der Waals surface area (Å²) in [6.45, 7) is -1.30. The molecule has 1 aromatic carbocycles. The molecule has 150 valence electrons. The quantitative estimate of drug-likeness (QED) is 0.774. The fourth-order valence-corrected chi connectivity index (χ4v) is 4.09. The van der Waals surface area contributed by atoms with Crippen molar-refractivity contribution in [1.82, 2.24) is 14.9 Å². The maximum atomic E-state index is 12.6. The number of amides is 1. The maximum absolute atomic E-state index is 12.6. The maximum Gasteiger partial charge on any atom is 0.406 e. The van der Waals surface area contributed by atoms with Crippen LogP contribution in [-0.2, 0) is 19.3 Å². The van der Waals surface area contributed by atoms with Crippen LogP contribution in [0.5, 0.6) is 0 Å². The van der Waals surface area contributed by atoms with Gasteiger partial charge < -0.3 is 10.2 Å². The summed E-state index contributed by atoms with van der Waals surface area (Å²) in [6.07, 6.45) is 4.05. The monoisotopic (exact) mass is 420 g/mol. The average Bonchev–Trinajstić information content (AvgIpc) is 3.04. The number of rotatable bonds is 3. The number of anilines is 1. The zero-order valence-electron chi connectivity index (χ0n) is 15.2. The van der Waals surface area contributed by atoms with Gasteiger partial charge in [-0.2, -0.15) is 13.2 Å². The number of benzene rings is 1. The van der Waals surface area contributed by atoms with E-state index < -0.39 is 18.6 Å². The predicted octanol–water partition coefficient (Wildman–Crippen LogP) is 3.25. The number of terminal acetylenes is 1. The van der Waals surface area contributed by atoms with Crippen LogP contribution in [0.1, 0.15) is 32.7 Å². The molecule has 0 saturated carbocycles. The molecule has 0 saturated heterocycles. The molecule has 4 rings (SSSR count). The van der Waals surface area contributed by atoms with Crippen LogP contribution in [-0.4, -0.2) is 46.1 Å². The molecule has 0 spiro atoms. The van der Waals surface area contributed by atoms with Crippen LogP contribution < -0.4 is 5.32 Å². The van der Waals surface area contributed by atoms with Gasteiger partial charge in [-0.05, 0) is 36.1 Å². The first-order valence-electron chi connectivity index (χ1n) is 9.00. The Bertz CT molecular complexity index is 1030. The molecule has 1 amide bonds. The van der Waals surface area contributed by atoms with Crippen molar-refractivity contribution in [2.45, 2.75) is 31.5 Å². The lowest BCUT2D eigenvalue weighted by molar-refractivity contribution is -0.141. The zero-order chi connectivity index (χ0) is 20.8. The second-order valence-electron chi connectivity index (χ2n) is 7.13. The third-order valence-electron chi connectivity index (χ3n) is 5.09. The number of fused-ring (bicyclic) bond motifs is 2. The van der Waals surface area contributed by atoms with Crippen molar-refractivity contribution in [3.05, 3.63) is 51.3 Å². The smallest absolute Gasteiger partial charge is 0.351 e. The van der Waals surface area contributed by atoms with E-state index in [2.05, 4.69) is 21.2 Å². The van der Waals surface area contributed by atoms with E-state index in [-0.39, 0.29) is 24.6 Å². The highest BCUT2D eigenvalue weighted by Gasteiger charge is 2.36. The first kappa shape index (κ1) is 19.5. The van der Waals surface area contributed by atoms with Crippen molar-refractivity contribution in [1.29, 1.82) is 0 Å². The Morgan fingerprint density at radius 1 is 1.34 bits per heavy atom. The fraction of sp³-hybridized carbons (Fsp3) is 0.350. The summed E-state index contributed by atoms with van der Waals surface area (Å²) in [5, 5.41) is 3.82. The molecule has 29 heavy (non-hydrogen) atoms. The molecule has 2 heterocycles. The van der Waals surface area contributed by atoms with E-state index in [1.807, 2.05) is 6.07 Å². The van der Waals surface area contributed by atoms with Crippen molar-refractivity contribution in [2.24, 2.45) is 0 Å². The van der Waals surface area contributed by atoms with Crippen LogP contribution in [0.15, 0.2) is 18.3 Å². The van der Waals surface area contributed by atoms with Crippen LogP contribution in [0.25, 0.3) is 0 Å². The molecule has 0 fully saturated rings. The molecule has 2 aromatic rings. The highest BCUT2D eigenvalue weighted by atomic mass is 35.5. The number of hydrogen-bond donors (Lipinski definition) is 1. The molecule has 5 nitrogen and oxygen atoms in total. The van der Waals surface area contributed by atoms with E-state index in [4.69, 9.17) is 18.0 Å². The number of nitrogens with one attached hydrogen (secondary N) is 1. The van der Waals surface area contributed by atoms with Crippen molar-refractivity contribution in [3.63, 3.8) is 0 Å². The topological polar surface area (TPSA) is 58.1 Å². The third-order valence-corrected chi connectivity index (χ3v) is 5.30. The van der Waals surface area contributed by atoms with Gasteiger partial charge in [0.2, 0.25) is 5.95 Å². The van der Waals surface area contributed by atoms with E-state index in [0.717, 1.165) is 21.6 Å². The van der Waals surface area contributed by atoms with Crippen LogP contribution in [0.2, 0.25) is 5.02 Å². The van der Waals surface area contributed by atoms with Gasteiger partial charge in [-0.15, -0.1) is 6.42 Å². The summed E-state index contributed by atoms with van der Waals surface area (Å²) in [5.74, 6) is 2.30. The first-order valence-corrected chi connectivity index (χ1v) is 9.37. The lowest BCUT2D eigenvalue weighted by Crippen LogP contribution is -2.43. The molecule has 1 atom stereocenters. The van der Waals surface area contributed by atoms with Crippen molar-refractivity contribution in [2.75, 3.05) is 18.4 Å². The number of alkyl halides is 3. The lowest BCUT2D eigenvalue weighted by atomic mass is 10.0. The largest absolute Gasteiger partial charge is 0.406 e. The van der Waals surface area contributed by atoms with Crippen molar-refractivity contribution in [3.8, 4) is 12.3 Å². The van der Waals surface area contributed by atoms with E-state index in [1.165, 1.54) is 6.20 Å². The Morgan fingerprint density at radius 2 is 2.14 bits per heavy atom. The molecular weight excluding hydrogens is 405 g/mol. The first-order chi connectivity index (χ1) is 13.7. The van der Waals surface area contributed by atoms with E-state index >= 15 is 0 Å². The van der Waals surface area contributed by atoms with Gasteiger partial charge in [0.25, 0.3) is 5.91 Å². The van der Waals surface area contributed by atoms with Gasteiger partial charge in [0.1, 0.15) is 6.54 Å². The Kier molecular flexibility index (Phi) is 4.87. The number of nitrogens with zero attached hydrogens (tertiary/aromatic N) is 3. The SMILES string of the molecule is C#Cc1cc(Cl)cc2c1CC(Nc1ncc3c(n1)CCN(CC(F)(F)F)C3=O)C2. The second kappa shape index (κ2) is 7.23. The molecule has 1 aliphatic carbocycles. The summed E-state index contributed by atoms with van der Waals surface area (Å²) in [4.78, 5) is 21.6. The van der Waals surface area contributed by atoms with Crippen LogP contribution in [0.3, 0.4) is 0 Å². The van der Waals surface area contributed by atoms with Crippen LogP contribution >= 0.6 is 11.6 Å². The van der Waals surface area contributed by atoms with Crippen LogP contribution in [0.4, 0.5) is 19.1 Å². The Hall–Kier alpha value is -2.79. The minimum atomic E-state index is -4.44. The van der Waals surface area contributed by atoms with Gasteiger partial charge in [-0.1, -0.05) is 17.5 Å². The highest BCUT2D eigenvalue weighted by Crippen LogP contribution is 2.30. The molecular formula is C20H16ClF3N4O. The van der Waals surface area contributed by atoms with Gasteiger partial charge in [0.05, 0.1) is 11.3 Å². The molecule has 1 aromatic heterocycles.